The van der Waals surface area contributed by atoms with Crippen LogP contribution in [0.25, 0.3) is 0 Å². The normalized spacial score (nSPS) is 26.1. The van der Waals surface area contributed by atoms with Gasteiger partial charge in [-0.05, 0) is 25.2 Å². The summed E-state index contributed by atoms with van der Waals surface area (Å²) >= 11 is 0. The second-order valence-corrected chi connectivity index (χ2v) is 6.36. The fourth-order valence-corrected chi connectivity index (χ4v) is 3.44. The van der Waals surface area contributed by atoms with E-state index in [0.29, 0.717) is 17.5 Å². The number of aryl methyl sites for hydroxylation is 1. The number of fused-ring (bicyclic) bond motifs is 1. The van der Waals surface area contributed by atoms with Crippen molar-refractivity contribution in [2.45, 2.75) is 40.2 Å². The van der Waals surface area contributed by atoms with Crippen LogP contribution < -0.4 is 4.74 Å². The summed E-state index contributed by atoms with van der Waals surface area (Å²) in [5.74, 6) is 1.97. The Morgan fingerprint density at radius 2 is 2.00 bits per heavy atom. The molecule has 2 atom stereocenters. The number of hydrogen-bond acceptors (Lipinski definition) is 3. The van der Waals surface area contributed by atoms with E-state index in [4.69, 9.17) is 4.74 Å². The number of hydrogen-bond donors (Lipinski definition) is 0. The Bertz CT molecular complexity index is 513. The number of amides is 1. The van der Waals surface area contributed by atoms with Crippen LogP contribution in [0, 0.1) is 18.8 Å². The summed E-state index contributed by atoms with van der Waals surface area (Å²) in [5.41, 5.74) is 1.46. The molecule has 3 heterocycles. The van der Waals surface area contributed by atoms with Gasteiger partial charge in [0.2, 0.25) is 5.88 Å². The van der Waals surface area contributed by atoms with Gasteiger partial charge in [-0.2, -0.15) is 5.10 Å². The molecule has 5 heteroatoms. The Morgan fingerprint density at radius 3 is 2.65 bits per heavy atom. The highest BCUT2D eigenvalue weighted by molar-refractivity contribution is 5.94. The van der Waals surface area contributed by atoms with Gasteiger partial charge in [0, 0.05) is 31.6 Å². The highest BCUT2D eigenvalue weighted by Gasteiger charge is 2.30. The average Bonchev–Trinajstić information content (AvgIpc) is 2.75. The van der Waals surface area contributed by atoms with Gasteiger partial charge in [0.1, 0.15) is 0 Å². The molecule has 20 heavy (non-hydrogen) atoms. The fourth-order valence-electron chi connectivity index (χ4n) is 3.44. The first kappa shape index (κ1) is 13.5. The van der Waals surface area contributed by atoms with E-state index in [1.807, 2.05) is 16.5 Å². The first-order chi connectivity index (χ1) is 9.56. The summed E-state index contributed by atoms with van der Waals surface area (Å²) in [7, 11) is 0. The van der Waals surface area contributed by atoms with Crippen LogP contribution in [0.4, 0.5) is 0 Å². The molecule has 2 aliphatic rings. The van der Waals surface area contributed by atoms with E-state index in [1.165, 1.54) is 6.42 Å². The maximum Gasteiger partial charge on any atom is 0.274 e. The van der Waals surface area contributed by atoms with Crippen molar-refractivity contribution >= 4 is 5.91 Å². The maximum atomic E-state index is 12.7. The van der Waals surface area contributed by atoms with Gasteiger partial charge in [0.05, 0.1) is 6.61 Å². The van der Waals surface area contributed by atoms with Crippen LogP contribution in [-0.2, 0) is 6.54 Å². The highest BCUT2D eigenvalue weighted by Crippen LogP contribution is 2.28. The molecule has 0 radical (unpaired) electrons. The molecule has 0 aromatic carbocycles. The molecule has 0 N–H and O–H groups in total. The maximum absolute atomic E-state index is 12.7. The summed E-state index contributed by atoms with van der Waals surface area (Å²) < 4.78 is 7.48. The molecule has 1 aromatic heterocycles. The molecule has 0 saturated carbocycles. The molecule has 0 spiro atoms. The van der Waals surface area contributed by atoms with Crippen molar-refractivity contribution in [3.05, 3.63) is 11.3 Å². The summed E-state index contributed by atoms with van der Waals surface area (Å²) in [6.45, 7) is 9.61. The number of aromatic nitrogens is 2. The Kier molecular flexibility index (Phi) is 3.44. The molecule has 1 aromatic rings. The molecule has 3 rings (SSSR count). The van der Waals surface area contributed by atoms with Crippen LogP contribution in [0.1, 0.15) is 42.7 Å². The zero-order chi connectivity index (χ0) is 14.3. The molecule has 5 nitrogen and oxygen atoms in total. The molecule has 110 valence electrons. The zero-order valence-corrected chi connectivity index (χ0v) is 12.6. The van der Waals surface area contributed by atoms with Gasteiger partial charge >= 0.3 is 0 Å². The van der Waals surface area contributed by atoms with Crippen molar-refractivity contribution in [2.75, 3.05) is 19.7 Å². The van der Waals surface area contributed by atoms with E-state index in [2.05, 4.69) is 18.9 Å². The van der Waals surface area contributed by atoms with Gasteiger partial charge in [-0.1, -0.05) is 13.8 Å². The van der Waals surface area contributed by atoms with Crippen LogP contribution in [0.3, 0.4) is 0 Å². The van der Waals surface area contributed by atoms with Crippen molar-refractivity contribution in [2.24, 2.45) is 11.8 Å². The number of rotatable bonds is 1. The summed E-state index contributed by atoms with van der Waals surface area (Å²) in [6, 6.07) is 0. The van der Waals surface area contributed by atoms with Crippen molar-refractivity contribution in [3.63, 3.8) is 0 Å². The predicted octanol–water partition coefficient (Wildman–Crippen LogP) is 2.09. The van der Waals surface area contributed by atoms with Crippen LogP contribution in [0.5, 0.6) is 5.88 Å². The van der Waals surface area contributed by atoms with E-state index in [1.54, 1.807) is 0 Å². The van der Waals surface area contributed by atoms with E-state index in [9.17, 15) is 4.79 Å². The zero-order valence-electron chi connectivity index (χ0n) is 12.6. The van der Waals surface area contributed by atoms with E-state index < -0.39 is 0 Å². The van der Waals surface area contributed by atoms with Gasteiger partial charge in [-0.25, -0.2) is 4.68 Å². The minimum Gasteiger partial charge on any atom is -0.478 e. The lowest BCUT2D eigenvalue weighted by Gasteiger charge is -2.34. The topological polar surface area (TPSA) is 47.4 Å². The standard InChI is InChI=1S/C15H23N3O2/c1-10-7-11(2)9-17(8-10)14(19)13-12(3)15-18(16-13)5-4-6-20-15/h10-11H,4-9H2,1-3H3. The molecule has 0 bridgehead atoms. The van der Waals surface area contributed by atoms with Crippen LogP contribution in [0.2, 0.25) is 0 Å². The van der Waals surface area contributed by atoms with Crippen LogP contribution in [-0.4, -0.2) is 40.3 Å². The molecule has 0 aliphatic carbocycles. The predicted molar refractivity (Wildman–Crippen MR) is 75.9 cm³/mol. The summed E-state index contributed by atoms with van der Waals surface area (Å²) in [4.78, 5) is 14.7. The number of piperidine rings is 1. The Morgan fingerprint density at radius 1 is 1.30 bits per heavy atom. The number of likely N-dealkylation sites (tertiary alicyclic amines) is 1. The summed E-state index contributed by atoms with van der Waals surface area (Å²) in [6.07, 6.45) is 2.16. The van der Waals surface area contributed by atoms with Gasteiger partial charge in [-0.3, -0.25) is 4.79 Å². The molecule has 2 aliphatic heterocycles. The van der Waals surface area contributed by atoms with Crippen molar-refractivity contribution in [1.29, 1.82) is 0 Å². The lowest BCUT2D eigenvalue weighted by Crippen LogP contribution is -2.43. The third-order valence-electron chi connectivity index (χ3n) is 4.24. The van der Waals surface area contributed by atoms with E-state index in [0.717, 1.165) is 44.1 Å². The van der Waals surface area contributed by atoms with E-state index >= 15 is 0 Å². The second kappa shape index (κ2) is 5.11. The first-order valence-corrected chi connectivity index (χ1v) is 7.55. The quantitative estimate of drug-likeness (QED) is 0.789. The van der Waals surface area contributed by atoms with E-state index in [-0.39, 0.29) is 5.91 Å². The molecular weight excluding hydrogens is 254 g/mol. The lowest BCUT2D eigenvalue weighted by molar-refractivity contribution is 0.0615. The number of carbonyl (C=O) groups excluding carboxylic acids is 1. The Labute approximate surface area is 119 Å². The lowest BCUT2D eigenvalue weighted by atomic mass is 9.91. The highest BCUT2D eigenvalue weighted by atomic mass is 16.5. The number of nitrogens with zero attached hydrogens (tertiary/aromatic N) is 3. The summed E-state index contributed by atoms with van der Waals surface area (Å²) in [5, 5.41) is 4.48. The third kappa shape index (κ3) is 2.30. The van der Waals surface area contributed by atoms with Crippen LogP contribution in [0.15, 0.2) is 0 Å². The SMILES string of the molecule is Cc1c(C(=O)N2CC(C)CC(C)C2)nn2c1OCCC2. The second-order valence-electron chi connectivity index (χ2n) is 6.36. The monoisotopic (exact) mass is 277 g/mol. The first-order valence-electron chi connectivity index (χ1n) is 7.55. The van der Waals surface area contributed by atoms with Crippen LogP contribution >= 0.6 is 0 Å². The number of ether oxygens (including phenoxy) is 1. The molecule has 1 amide bonds. The van der Waals surface area contributed by atoms with Gasteiger partial charge in [0.15, 0.2) is 5.69 Å². The van der Waals surface area contributed by atoms with Gasteiger partial charge in [0.25, 0.3) is 5.91 Å². The molecule has 1 saturated heterocycles. The molecule has 2 unspecified atom stereocenters. The minimum atomic E-state index is 0.0615. The number of carbonyl (C=O) groups is 1. The average molecular weight is 277 g/mol. The Balaban J connectivity index is 1.85. The fraction of sp³-hybridized carbons (Fsp3) is 0.733. The smallest absolute Gasteiger partial charge is 0.274 e. The van der Waals surface area contributed by atoms with Crippen molar-refractivity contribution < 1.29 is 9.53 Å². The van der Waals surface area contributed by atoms with Gasteiger partial charge < -0.3 is 9.64 Å². The Hall–Kier alpha value is -1.52. The largest absolute Gasteiger partial charge is 0.478 e. The van der Waals surface area contributed by atoms with Crippen molar-refractivity contribution in [1.82, 2.24) is 14.7 Å². The molecule has 1 fully saturated rings. The van der Waals surface area contributed by atoms with Gasteiger partial charge in [-0.15, -0.1) is 0 Å². The third-order valence-corrected chi connectivity index (χ3v) is 4.24. The molecular formula is C15H23N3O2. The van der Waals surface area contributed by atoms with Crippen molar-refractivity contribution in [3.8, 4) is 5.88 Å². The minimum absolute atomic E-state index is 0.0615.